The van der Waals surface area contributed by atoms with Crippen LogP contribution in [-0.2, 0) is 10.2 Å². The smallest absolute Gasteiger partial charge is 0.159 e. The number of aromatic nitrogens is 2. The van der Waals surface area contributed by atoms with E-state index >= 15 is 0 Å². The molecule has 5 heteroatoms. The van der Waals surface area contributed by atoms with Crippen LogP contribution >= 0.6 is 34.2 Å². The summed E-state index contributed by atoms with van der Waals surface area (Å²) in [7, 11) is 0. The number of rotatable bonds is 1. The van der Waals surface area contributed by atoms with Gasteiger partial charge in [-0.15, -0.1) is 0 Å². The second-order valence-electron chi connectivity index (χ2n) is 5.80. The molecule has 0 aliphatic carbocycles. The van der Waals surface area contributed by atoms with Crippen LogP contribution in [-0.4, -0.2) is 16.1 Å². The molecule has 0 bridgehead atoms. The summed E-state index contributed by atoms with van der Waals surface area (Å²) in [6, 6.07) is 0. The minimum absolute atomic E-state index is 0.00407. The highest BCUT2D eigenvalue weighted by Gasteiger charge is 2.29. The molecule has 0 radical (unpaired) electrons. The SMILES string of the molecule is CC1CCC(c2nc(Cl)c(I)c(C(C)(C)C)n2)O1. The highest BCUT2D eigenvalue weighted by Crippen LogP contribution is 2.35. The molecule has 1 aliphatic rings. The van der Waals surface area contributed by atoms with Crippen LogP contribution in [0.3, 0.4) is 0 Å². The van der Waals surface area contributed by atoms with E-state index in [0.29, 0.717) is 5.15 Å². The van der Waals surface area contributed by atoms with Crippen LogP contribution in [0.25, 0.3) is 0 Å². The molecule has 0 aromatic carbocycles. The van der Waals surface area contributed by atoms with Crippen LogP contribution in [0.2, 0.25) is 5.15 Å². The summed E-state index contributed by atoms with van der Waals surface area (Å²) in [6.45, 7) is 8.49. The summed E-state index contributed by atoms with van der Waals surface area (Å²) in [5.74, 6) is 0.731. The zero-order valence-electron chi connectivity index (χ0n) is 11.1. The number of hydrogen-bond donors (Lipinski definition) is 0. The van der Waals surface area contributed by atoms with Crippen LogP contribution in [0.1, 0.15) is 58.2 Å². The molecule has 0 amide bonds. The molecule has 2 rings (SSSR count). The minimum Gasteiger partial charge on any atom is -0.367 e. The predicted octanol–water partition coefficient (Wildman–Crippen LogP) is 4.27. The van der Waals surface area contributed by atoms with Gasteiger partial charge in [-0.05, 0) is 42.4 Å². The van der Waals surface area contributed by atoms with Gasteiger partial charge in [0.15, 0.2) is 5.82 Å². The first-order valence-corrected chi connectivity index (χ1v) is 7.63. The lowest BCUT2D eigenvalue weighted by atomic mass is 9.92. The largest absolute Gasteiger partial charge is 0.367 e. The van der Waals surface area contributed by atoms with Crippen LogP contribution < -0.4 is 0 Å². The zero-order chi connectivity index (χ0) is 13.5. The zero-order valence-corrected chi connectivity index (χ0v) is 14.0. The molecule has 100 valence electrons. The summed E-state index contributed by atoms with van der Waals surface area (Å²) in [5.41, 5.74) is 0.962. The van der Waals surface area contributed by atoms with Gasteiger partial charge >= 0.3 is 0 Å². The molecule has 1 aliphatic heterocycles. The van der Waals surface area contributed by atoms with Gasteiger partial charge in [-0.3, -0.25) is 0 Å². The van der Waals surface area contributed by atoms with Crippen molar-refractivity contribution in [2.75, 3.05) is 0 Å². The molecule has 1 aromatic heterocycles. The molecule has 0 spiro atoms. The molecule has 1 saturated heterocycles. The van der Waals surface area contributed by atoms with E-state index in [9.17, 15) is 0 Å². The predicted molar refractivity (Wildman–Crippen MR) is 81.0 cm³/mol. The summed E-state index contributed by atoms with van der Waals surface area (Å²) < 4.78 is 6.77. The summed E-state index contributed by atoms with van der Waals surface area (Å²) in [4.78, 5) is 9.08. The quantitative estimate of drug-likeness (QED) is 0.539. The molecule has 1 aromatic rings. The Hall–Kier alpha value is 0.0600. The average Bonchev–Trinajstić information content (AvgIpc) is 2.67. The van der Waals surface area contributed by atoms with E-state index in [1.54, 1.807) is 0 Å². The topological polar surface area (TPSA) is 35.0 Å². The van der Waals surface area contributed by atoms with Crippen LogP contribution in [0.5, 0.6) is 0 Å². The van der Waals surface area contributed by atoms with Crippen LogP contribution in [0.4, 0.5) is 0 Å². The lowest BCUT2D eigenvalue weighted by Crippen LogP contribution is -2.19. The average molecular weight is 381 g/mol. The van der Waals surface area contributed by atoms with Crippen molar-refractivity contribution in [3.05, 3.63) is 20.2 Å². The van der Waals surface area contributed by atoms with Gasteiger partial charge in [-0.2, -0.15) is 0 Å². The Balaban J connectivity index is 2.41. The standard InChI is InChI=1S/C13H18ClIN2O/c1-7-5-6-8(18-7)12-16-10(13(2,3)4)9(15)11(14)17-12/h7-8H,5-6H2,1-4H3. The summed E-state index contributed by atoms with van der Waals surface area (Å²) in [6.07, 6.45) is 2.31. The third-order valence-electron chi connectivity index (χ3n) is 3.06. The number of halogens is 2. The second kappa shape index (κ2) is 5.21. The number of hydrogen-bond acceptors (Lipinski definition) is 3. The maximum absolute atomic E-state index is 6.23. The fourth-order valence-corrected chi connectivity index (χ4v) is 3.30. The van der Waals surface area contributed by atoms with Gasteiger partial charge in [0.25, 0.3) is 0 Å². The highest BCUT2D eigenvalue weighted by molar-refractivity contribution is 14.1. The first-order valence-electron chi connectivity index (χ1n) is 6.18. The van der Waals surface area contributed by atoms with Gasteiger partial charge in [-0.1, -0.05) is 32.4 Å². The van der Waals surface area contributed by atoms with Gasteiger partial charge in [0.2, 0.25) is 0 Å². The van der Waals surface area contributed by atoms with Gasteiger partial charge < -0.3 is 4.74 Å². The van der Waals surface area contributed by atoms with E-state index in [0.717, 1.165) is 27.9 Å². The molecule has 0 N–H and O–H groups in total. The van der Waals surface area contributed by atoms with Gasteiger partial charge in [-0.25, -0.2) is 9.97 Å². The van der Waals surface area contributed by atoms with Crippen molar-refractivity contribution in [2.45, 2.75) is 58.2 Å². The summed E-state index contributed by atoms with van der Waals surface area (Å²) >= 11 is 8.44. The van der Waals surface area contributed by atoms with Crippen molar-refractivity contribution in [1.82, 2.24) is 9.97 Å². The lowest BCUT2D eigenvalue weighted by Gasteiger charge is -2.21. The number of ether oxygens (including phenoxy) is 1. The monoisotopic (exact) mass is 380 g/mol. The Morgan fingerprint density at radius 3 is 2.44 bits per heavy atom. The Bertz CT molecular complexity index is 459. The van der Waals surface area contributed by atoms with E-state index in [2.05, 4.69) is 55.3 Å². The Morgan fingerprint density at radius 1 is 1.28 bits per heavy atom. The van der Waals surface area contributed by atoms with Gasteiger partial charge in [0, 0.05) is 5.41 Å². The normalized spacial score (nSPS) is 24.6. The Kier molecular flexibility index (Phi) is 4.19. The fraction of sp³-hybridized carbons (Fsp3) is 0.692. The van der Waals surface area contributed by atoms with E-state index in [1.165, 1.54) is 0 Å². The van der Waals surface area contributed by atoms with Crippen molar-refractivity contribution in [2.24, 2.45) is 0 Å². The van der Waals surface area contributed by atoms with Gasteiger partial charge in [0.1, 0.15) is 11.3 Å². The van der Waals surface area contributed by atoms with E-state index in [-0.39, 0.29) is 17.6 Å². The van der Waals surface area contributed by atoms with E-state index in [1.807, 2.05) is 0 Å². The van der Waals surface area contributed by atoms with Crippen molar-refractivity contribution >= 4 is 34.2 Å². The Morgan fingerprint density at radius 2 is 1.94 bits per heavy atom. The van der Waals surface area contributed by atoms with E-state index < -0.39 is 0 Å². The van der Waals surface area contributed by atoms with Crippen molar-refractivity contribution in [3.8, 4) is 0 Å². The van der Waals surface area contributed by atoms with Crippen molar-refractivity contribution in [1.29, 1.82) is 0 Å². The first kappa shape index (κ1) is 14.5. The minimum atomic E-state index is -0.0396. The first-order chi connectivity index (χ1) is 8.29. The maximum Gasteiger partial charge on any atom is 0.159 e. The molecular formula is C13H18ClIN2O. The highest BCUT2D eigenvalue weighted by atomic mass is 127. The molecule has 18 heavy (non-hydrogen) atoms. The molecule has 2 unspecified atom stereocenters. The summed E-state index contributed by atoms with van der Waals surface area (Å²) in [5, 5.41) is 0.536. The molecule has 1 fully saturated rings. The molecule has 0 saturated carbocycles. The van der Waals surface area contributed by atoms with Crippen molar-refractivity contribution in [3.63, 3.8) is 0 Å². The van der Waals surface area contributed by atoms with Crippen LogP contribution in [0, 0.1) is 3.57 Å². The van der Waals surface area contributed by atoms with E-state index in [4.69, 9.17) is 21.3 Å². The van der Waals surface area contributed by atoms with Crippen LogP contribution in [0.15, 0.2) is 0 Å². The molecular weight excluding hydrogens is 363 g/mol. The fourth-order valence-electron chi connectivity index (χ4n) is 2.07. The second-order valence-corrected chi connectivity index (χ2v) is 7.23. The third kappa shape index (κ3) is 2.96. The molecule has 2 heterocycles. The number of nitrogens with zero attached hydrogens (tertiary/aromatic N) is 2. The molecule has 3 nitrogen and oxygen atoms in total. The maximum atomic E-state index is 6.23. The van der Waals surface area contributed by atoms with Crippen molar-refractivity contribution < 1.29 is 4.74 Å². The molecule has 2 atom stereocenters. The van der Waals surface area contributed by atoms with Gasteiger partial charge in [0.05, 0.1) is 15.4 Å². The third-order valence-corrected chi connectivity index (χ3v) is 4.67. The Labute approximate surface area is 127 Å². The lowest BCUT2D eigenvalue weighted by molar-refractivity contribution is 0.0500.